The molecule has 184 valence electrons. The first-order valence-electron chi connectivity index (χ1n) is 13.0. The van der Waals surface area contributed by atoms with E-state index in [0.29, 0.717) is 5.92 Å². The van der Waals surface area contributed by atoms with Crippen molar-refractivity contribution in [2.45, 2.75) is 33.1 Å². The number of fused-ring (bicyclic) bond motifs is 12. The number of aromatic nitrogens is 6. The van der Waals surface area contributed by atoms with Gasteiger partial charge in [-0.15, -0.1) is 11.3 Å². The minimum atomic E-state index is 0.396. The molecular weight excluding hydrogens is 488 g/mol. The van der Waals surface area contributed by atoms with Gasteiger partial charge in [-0.2, -0.15) is 10.2 Å². The Morgan fingerprint density at radius 1 is 0.737 bits per heavy atom. The van der Waals surface area contributed by atoms with Crippen molar-refractivity contribution in [1.29, 1.82) is 0 Å². The molecule has 1 atom stereocenters. The Balaban J connectivity index is 1.40. The van der Waals surface area contributed by atoms with Gasteiger partial charge >= 0.3 is 0 Å². The highest BCUT2D eigenvalue weighted by molar-refractivity contribution is 7.18. The zero-order chi connectivity index (χ0) is 25.5. The van der Waals surface area contributed by atoms with Crippen LogP contribution in [0.15, 0.2) is 60.2 Å². The third kappa shape index (κ3) is 2.93. The Morgan fingerprint density at radius 2 is 1.42 bits per heavy atom. The van der Waals surface area contributed by atoms with Gasteiger partial charge in [0.2, 0.25) is 0 Å². The van der Waals surface area contributed by atoms with Gasteiger partial charge in [0.05, 0.1) is 34.5 Å². The first-order chi connectivity index (χ1) is 18.6. The second-order valence-electron chi connectivity index (χ2n) is 10.2. The number of H-pyrrole nitrogens is 2. The molecule has 8 rings (SSSR count). The Labute approximate surface area is 221 Å². The smallest absolute Gasteiger partial charge is 0.110 e. The number of rotatable bonds is 3. The van der Waals surface area contributed by atoms with Crippen LogP contribution in [0.4, 0.5) is 0 Å². The summed E-state index contributed by atoms with van der Waals surface area (Å²) in [5, 5.41) is 18.6. The van der Waals surface area contributed by atoms with E-state index in [-0.39, 0.29) is 0 Å². The number of hydrogen-bond donors (Lipinski definition) is 2. The molecule has 0 radical (unpaired) electrons. The number of nitrogens with zero attached hydrogens (tertiary/aromatic N) is 4. The van der Waals surface area contributed by atoms with Crippen LogP contribution in [0.5, 0.6) is 0 Å². The van der Waals surface area contributed by atoms with E-state index in [1.165, 1.54) is 32.0 Å². The van der Waals surface area contributed by atoms with Crippen molar-refractivity contribution >= 4 is 75.8 Å². The normalized spacial score (nSPS) is 13.1. The lowest BCUT2D eigenvalue weighted by molar-refractivity contribution is 0.692. The molecule has 8 aromatic rings. The predicted octanol–water partition coefficient (Wildman–Crippen LogP) is 8.39. The van der Waals surface area contributed by atoms with Crippen LogP contribution in [-0.2, 0) is 0 Å². The molecule has 4 aromatic heterocycles. The average molecular weight is 513 g/mol. The average Bonchev–Trinajstić information content (AvgIpc) is 3.70. The standard InChI is InChI=1S/C31H24N6S/c1-4-15(2)31-36-27-20-8-6-18(12-23(20)30-21(9-10-38-30)28(27)37-31)17-5-7-19-22(11-17)24-13-32-33-14-25(24)29-26(19)34-16(3)35-29/h5-15H,4H2,1-3H3,(H,34,35)(H,36,37). The lowest BCUT2D eigenvalue weighted by Crippen LogP contribution is -1.93. The highest BCUT2D eigenvalue weighted by Gasteiger charge is 2.18. The number of benzene rings is 4. The van der Waals surface area contributed by atoms with Gasteiger partial charge in [0.15, 0.2) is 0 Å². The predicted molar refractivity (Wildman–Crippen MR) is 158 cm³/mol. The van der Waals surface area contributed by atoms with Crippen LogP contribution in [-0.4, -0.2) is 30.1 Å². The van der Waals surface area contributed by atoms with Gasteiger partial charge in [-0.3, -0.25) is 0 Å². The van der Waals surface area contributed by atoms with Crippen LogP contribution < -0.4 is 0 Å². The number of imidazole rings is 2. The highest BCUT2D eigenvalue weighted by atomic mass is 32.1. The van der Waals surface area contributed by atoms with Crippen LogP contribution in [0.1, 0.15) is 37.8 Å². The van der Waals surface area contributed by atoms with Crippen LogP contribution in [0.3, 0.4) is 0 Å². The summed E-state index contributed by atoms with van der Waals surface area (Å²) in [7, 11) is 0. The lowest BCUT2D eigenvalue weighted by atomic mass is 9.95. The van der Waals surface area contributed by atoms with Crippen LogP contribution in [0.2, 0.25) is 0 Å². The van der Waals surface area contributed by atoms with E-state index in [0.717, 1.165) is 61.7 Å². The molecule has 0 saturated heterocycles. The van der Waals surface area contributed by atoms with Gasteiger partial charge < -0.3 is 9.97 Å². The fourth-order valence-electron chi connectivity index (χ4n) is 5.81. The Bertz CT molecular complexity index is 2220. The molecule has 0 fully saturated rings. The van der Waals surface area contributed by atoms with Crippen molar-refractivity contribution in [3.63, 3.8) is 0 Å². The van der Waals surface area contributed by atoms with Crippen LogP contribution in [0, 0.1) is 6.92 Å². The van der Waals surface area contributed by atoms with Crippen molar-refractivity contribution in [3.8, 4) is 11.1 Å². The van der Waals surface area contributed by atoms with E-state index in [9.17, 15) is 0 Å². The van der Waals surface area contributed by atoms with Gasteiger partial charge in [0, 0.05) is 42.9 Å². The van der Waals surface area contributed by atoms with E-state index >= 15 is 0 Å². The zero-order valence-corrected chi connectivity index (χ0v) is 22.1. The summed E-state index contributed by atoms with van der Waals surface area (Å²) in [6.07, 6.45) is 4.72. The van der Waals surface area contributed by atoms with Gasteiger partial charge in [0.25, 0.3) is 0 Å². The SMILES string of the molecule is CCC(C)c1nc2c3ccsc3c3cc(-c4ccc5c(c4)c4cnncc4c4nc(C)[nH]c54)ccc3c2[nH]1. The molecule has 0 aliphatic heterocycles. The van der Waals surface area contributed by atoms with Gasteiger partial charge in [-0.25, -0.2) is 9.97 Å². The maximum absolute atomic E-state index is 5.04. The van der Waals surface area contributed by atoms with Crippen molar-refractivity contribution in [3.05, 3.63) is 71.9 Å². The molecule has 0 amide bonds. The second-order valence-corrected chi connectivity index (χ2v) is 11.1. The highest BCUT2D eigenvalue weighted by Crippen LogP contribution is 2.41. The second kappa shape index (κ2) is 7.82. The molecule has 0 aliphatic carbocycles. The molecule has 1 unspecified atom stereocenters. The summed E-state index contributed by atoms with van der Waals surface area (Å²) >= 11 is 1.79. The first-order valence-corrected chi connectivity index (χ1v) is 13.8. The summed E-state index contributed by atoms with van der Waals surface area (Å²) in [6.45, 7) is 6.43. The minimum absolute atomic E-state index is 0.396. The topological polar surface area (TPSA) is 83.1 Å². The monoisotopic (exact) mass is 512 g/mol. The van der Waals surface area contributed by atoms with Gasteiger partial charge in [-0.1, -0.05) is 38.1 Å². The molecule has 2 N–H and O–H groups in total. The molecule has 0 spiro atoms. The summed E-state index contributed by atoms with van der Waals surface area (Å²) in [5.41, 5.74) is 6.55. The quantitative estimate of drug-likeness (QED) is 0.233. The number of aromatic amines is 2. The Kier molecular flexibility index (Phi) is 4.47. The molecular formula is C31H24N6S. The molecule has 7 heteroatoms. The maximum atomic E-state index is 5.04. The molecule has 0 saturated carbocycles. The summed E-state index contributed by atoms with van der Waals surface area (Å²) in [4.78, 5) is 16.9. The molecule has 4 heterocycles. The first kappa shape index (κ1) is 21.7. The van der Waals surface area contributed by atoms with E-state index in [1.807, 2.05) is 19.3 Å². The van der Waals surface area contributed by atoms with Crippen LogP contribution in [0.25, 0.3) is 75.6 Å². The van der Waals surface area contributed by atoms with Crippen molar-refractivity contribution in [2.24, 2.45) is 0 Å². The number of hydrogen-bond acceptors (Lipinski definition) is 5. The van der Waals surface area contributed by atoms with Crippen molar-refractivity contribution in [1.82, 2.24) is 30.1 Å². The van der Waals surface area contributed by atoms with E-state index in [4.69, 9.17) is 9.97 Å². The minimum Gasteiger partial charge on any atom is -0.342 e. The summed E-state index contributed by atoms with van der Waals surface area (Å²) in [6, 6.07) is 15.7. The third-order valence-corrected chi connectivity index (χ3v) is 8.92. The molecule has 38 heavy (non-hydrogen) atoms. The fourth-order valence-corrected chi connectivity index (χ4v) is 6.74. The number of thiophene rings is 1. The number of aryl methyl sites for hydroxylation is 1. The number of nitrogens with one attached hydrogen (secondary N) is 2. The van der Waals surface area contributed by atoms with Crippen molar-refractivity contribution in [2.75, 3.05) is 0 Å². The van der Waals surface area contributed by atoms with Crippen molar-refractivity contribution < 1.29 is 0 Å². The molecule has 6 nitrogen and oxygen atoms in total. The van der Waals surface area contributed by atoms with E-state index in [2.05, 4.69) is 81.9 Å². The fraction of sp³-hybridized carbons (Fsp3) is 0.161. The zero-order valence-electron chi connectivity index (χ0n) is 21.3. The molecule has 0 aliphatic rings. The summed E-state index contributed by atoms with van der Waals surface area (Å²) < 4.78 is 1.28. The largest absolute Gasteiger partial charge is 0.342 e. The van der Waals surface area contributed by atoms with Gasteiger partial charge in [0.1, 0.15) is 11.6 Å². The van der Waals surface area contributed by atoms with Crippen LogP contribution >= 0.6 is 11.3 Å². The van der Waals surface area contributed by atoms with E-state index in [1.54, 1.807) is 11.3 Å². The summed E-state index contributed by atoms with van der Waals surface area (Å²) in [5.74, 6) is 2.36. The third-order valence-electron chi connectivity index (χ3n) is 7.98. The molecule has 0 bridgehead atoms. The Hall–Kier alpha value is -4.36. The van der Waals surface area contributed by atoms with E-state index < -0.39 is 0 Å². The maximum Gasteiger partial charge on any atom is 0.110 e. The Morgan fingerprint density at radius 3 is 2.21 bits per heavy atom. The van der Waals surface area contributed by atoms with Gasteiger partial charge in [-0.05, 0) is 53.4 Å². The molecule has 4 aromatic carbocycles. The lowest BCUT2D eigenvalue weighted by Gasteiger charge is -2.10.